The number of hydrogen-bond acceptors (Lipinski definition) is 6. The molecule has 1 saturated heterocycles. The molecule has 0 bridgehead atoms. The Morgan fingerprint density at radius 2 is 1.71 bits per heavy atom. The average Bonchev–Trinajstić information content (AvgIpc) is 3.41. The summed E-state index contributed by atoms with van der Waals surface area (Å²) in [5, 5.41) is 11.0. The van der Waals surface area contributed by atoms with Crippen molar-refractivity contribution in [1.82, 2.24) is 0 Å². The molecule has 158 valence electrons. The lowest BCUT2D eigenvalue weighted by Crippen LogP contribution is -2.29. The van der Waals surface area contributed by atoms with Crippen molar-refractivity contribution < 1.29 is 28.6 Å². The van der Waals surface area contributed by atoms with Crippen LogP contribution in [0.15, 0.2) is 76.9 Å². The average molecular weight is 419 g/mol. The minimum absolute atomic E-state index is 0.0417. The molecule has 1 aromatic heterocycles. The van der Waals surface area contributed by atoms with Gasteiger partial charge in [-0.25, -0.2) is 0 Å². The maximum Gasteiger partial charge on any atom is 0.300 e. The van der Waals surface area contributed by atoms with E-state index in [0.29, 0.717) is 35.1 Å². The van der Waals surface area contributed by atoms with Gasteiger partial charge in [-0.05, 0) is 67.6 Å². The van der Waals surface area contributed by atoms with Gasteiger partial charge < -0.3 is 19.0 Å². The number of amides is 1. The van der Waals surface area contributed by atoms with Crippen LogP contribution in [0.25, 0.3) is 5.76 Å². The minimum atomic E-state index is -0.907. The number of furan rings is 1. The molecule has 1 unspecified atom stereocenters. The summed E-state index contributed by atoms with van der Waals surface area (Å²) in [6.07, 6.45) is 1.46. The number of hydrogen-bond donors (Lipinski definition) is 1. The molecule has 3 aromatic rings. The Morgan fingerprint density at radius 3 is 2.29 bits per heavy atom. The lowest BCUT2D eigenvalue weighted by atomic mass is 9.99. The monoisotopic (exact) mass is 419 g/mol. The van der Waals surface area contributed by atoms with Gasteiger partial charge in [0.2, 0.25) is 0 Å². The first kappa shape index (κ1) is 20.3. The van der Waals surface area contributed by atoms with E-state index in [1.165, 1.54) is 11.2 Å². The van der Waals surface area contributed by atoms with Crippen molar-refractivity contribution in [2.75, 3.05) is 18.6 Å². The van der Waals surface area contributed by atoms with E-state index < -0.39 is 17.7 Å². The Bertz CT molecular complexity index is 1110. The maximum absolute atomic E-state index is 13.0. The molecular formula is C24H21NO6. The van der Waals surface area contributed by atoms with Gasteiger partial charge in [0.1, 0.15) is 29.1 Å². The first-order valence-electron chi connectivity index (χ1n) is 9.76. The normalized spacial score (nSPS) is 17.7. The van der Waals surface area contributed by atoms with Crippen LogP contribution in [0.4, 0.5) is 5.69 Å². The zero-order chi connectivity index (χ0) is 22.0. The van der Waals surface area contributed by atoms with Crippen LogP contribution in [0, 0.1) is 0 Å². The molecule has 1 N–H and O–H groups in total. The maximum atomic E-state index is 13.0. The zero-order valence-corrected chi connectivity index (χ0v) is 17.1. The molecule has 7 heteroatoms. The Kier molecular flexibility index (Phi) is 5.49. The standard InChI is InChI=1S/C24H21NO6/c1-3-30-18-10-6-15(7-11-18)22(26)20-21(19-5-4-14-31-19)25(24(28)23(20)27)16-8-12-17(29-2)13-9-16/h4-14,21,26H,3H2,1-2H3/b22-20-. The van der Waals surface area contributed by atoms with Gasteiger partial charge in [0.25, 0.3) is 11.7 Å². The summed E-state index contributed by atoms with van der Waals surface area (Å²) in [7, 11) is 1.54. The number of ketones is 1. The lowest BCUT2D eigenvalue weighted by Gasteiger charge is -2.23. The molecule has 0 aliphatic carbocycles. The summed E-state index contributed by atoms with van der Waals surface area (Å²) < 4.78 is 16.1. The van der Waals surface area contributed by atoms with Gasteiger partial charge in [-0.1, -0.05) is 0 Å². The fourth-order valence-corrected chi connectivity index (χ4v) is 3.59. The van der Waals surface area contributed by atoms with Gasteiger partial charge in [0.05, 0.1) is 25.6 Å². The highest BCUT2D eigenvalue weighted by molar-refractivity contribution is 6.51. The van der Waals surface area contributed by atoms with Gasteiger partial charge >= 0.3 is 0 Å². The molecule has 2 heterocycles. The third-order valence-corrected chi connectivity index (χ3v) is 5.05. The fourth-order valence-electron chi connectivity index (χ4n) is 3.59. The number of anilines is 1. The number of carbonyl (C=O) groups is 2. The highest BCUT2D eigenvalue weighted by Gasteiger charge is 2.48. The summed E-state index contributed by atoms with van der Waals surface area (Å²) in [5.41, 5.74) is 0.836. The van der Waals surface area contributed by atoms with E-state index in [1.54, 1.807) is 67.8 Å². The molecule has 0 radical (unpaired) electrons. The van der Waals surface area contributed by atoms with Crippen LogP contribution in [0.3, 0.4) is 0 Å². The lowest BCUT2D eigenvalue weighted by molar-refractivity contribution is -0.132. The summed E-state index contributed by atoms with van der Waals surface area (Å²) in [5.74, 6) is -0.200. The Hall–Kier alpha value is -4.00. The van der Waals surface area contributed by atoms with E-state index in [0.717, 1.165) is 0 Å². The van der Waals surface area contributed by atoms with Gasteiger partial charge in [-0.3, -0.25) is 14.5 Å². The van der Waals surface area contributed by atoms with Crippen LogP contribution in [0.2, 0.25) is 0 Å². The van der Waals surface area contributed by atoms with Crippen molar-refractivity contribution >= 4 is 23.1 Å². The third-order valence-electron chi connectivity index (χ3n) is 5.05. The Labute approximate surface area is 179 Å². The molecule has 2 aromatic carbocycles. The van der Waals surface area contributed by atoms with Crippen molar-refractivity contribution in [1.29, 1.82) is 0 Å². The fraction of sp³-hybridized carbons (Fsp3) is 0.167. The number of rotatable bonds is 6. The molecule has 1 amide bonds. The van der Waals surface area contributed by atoms with Crippen LogP contribution in [-0.4, -0.2) is 30.5 Å². The molecule has 1 aliphatic rings. The molecule has 4 rings (SSSR count). The van der Waals surface area contributed by atoms with Crippen molar-refractivity contribution in [3.63, 3.8) is 0 Å². The van der Waals surface area contributed by atoms with Gasteiger partial charge in [-0.15, -0.1) is 0 Å². The first-order valence-corrected chi connectivity index (χ1v) is 9.76. The number of methoxy groups -OCH3 is 1. The van der Waals surface area contributed by atoms with Crippen molar-refractivity contribution in [3.05, 3.63) is 83.8 Å². The topological polar surface area (TPSA) is 89.2 Å². The SMILES string of the molecule is CCOc1ccc(/C(O)=C2/C(=O)C(=O)N(c3ccc(OC)cc3)C2c2ccco2)cc1. The highest BCUT2D eigenvalue weighted by atomic mass is 16.5. The molecule has 1 fully saturated rings. The number of benzene rings is 2. The second-order valence-corrected chi connectivity index (χ2v) is 6.84. The summed E-state index contributed by atoms with van der Waals surface area (Å²) in [4.78, 5) is 27.3. The second kappa shape index (κ2) is 8.39. The molecule has 7 nitrogen and oxygen atoms in total. The van der Waals surface area contributed by atoms with E-state index in [-0.39, 0.29) is 11.3 Å². The van der Waals surface area contributed by atoms with Crippen LogP contribution >= 0.6 is 0 Å². The van der Waals surface area contributed by atoms with E-state index in [2.05, 4.69) is 0 Å². The van der Waals surface area contributed by atoms with E-state index in [9.17, 15) is 14.7 Å². The van der Waals surface area contributed by atoms with Crippen LogP contribution in [0.1, 0.15) is 24.3 Å². The summed E-state index contributed by atoms with van der Waals surface area (Å²) in [6.45, 7) is 2.38. The first-order chi connectivity index (χ1) is 15.0. The number of nitrogens with zero attached hydrogens (tertiary/aromatic N) is 1. The molecule has 1 aliphatic heterocycles. The van der Waals surface area contributed by atoms with Gasteiger partial charge in [0, 0.05) is 11.3 Å². The molecule has 31 heavy (non-hydrogen) atoms. The van der Waals surface area contributed by atoms with Gasteiger partial charge in [-0.2, -0.15) is 0 Å². The van der Waals surface area contributed by atoms with Crippen molar-refractivity contribution in [2.45, 2.75) is 13.0 Å². The quantitative estimate of drug-likeness (QED) is 0.364. The molecule has 0 saturated carbocycles. The number of Topliss-reactive ketones (excluding diaryl/α,β-unsaturated/α-hetero) is 1. The zero-order valence-electron chi connectivity index (χ0n) is 17.1. The van der Waals surface area contributed by atoms with E-state index >= 15 is 0 Å². The number of ether oxygens (including phenoxy) is 2. The minimum Gasteiger partial charge on any atom is -0.507 e. The number of carbonyl (C=O) groups excluding carboxylic acids is 2. The predicted octanol–water partition coefficient (Wildman–Crippen LogP) is 4.31. The summed E-state index contributed by atoms with van der Waals surface area (Å²) in [6, 6.07) is 15.8. The van der Waals surface area contributed by atoms with Crippen molar-refractivity contribution in [2.24, 2.45) is 0 Å². The van der Waals surface area contributed by atoms with Crippen LogP contribution in [0.5, 0.6) is 11.5 Å². The second-order valence-electron chi connectivity index (χ2n) is 6.84. The third kappa shape index (κ3) is 3.66. The Morgan fingerprint density at radius 1 is 1.03 bits per heavy atom. The molecular weight excluding hydrogens is 398 g/mol. The molecule has 0 spiro atoms. The number of aliphatic hydroxyl groups excluding tert-OH is 1. The Balaban J connectivity index is 1.83. The van der Waals surface area contributed by atoms with Gasteiger partial charge in [0.15, 0.2) is 0 Å². The predicted molar refractivity (Wildman–Crippen MR) is 114 cm³/mol. The highest BCUT2D eigenvalue weighted by Crippen LogP contribution is 2.42. The number of aliphatic hydroxyl groups is 1. The van der Waals surface area contributed by atoms with E-state index in [4.69, 9.17) is 13.9 Å². The summed E-state index contributed by atoms with van der Waals surface area (Å²) >= 11 is 0. The van der Waals surface area contributed by atoms with E-state index in [1.807, 2.05) is 6.92 Å². The largest absolute Gasteiger partial charge is 0.507 e. The smallest absolute Gasteiger partial charge is 0.300 e. The molecule has 1 atom stereocenters. The van der Waals surface area contributed by atoms with Crippen molar-refractivity contribution in [3.8, 4) is 11.5 Å². The van der Waals surface area contributed by atoms with Crippen LogP contribution < -0.4 is 14.4 Å². The van der Waals surface area contributed by atoms with Crippen LogP contribution in [-0.2, 0) is 9.59 Å².